The molecule has 2 rings (SSSR count). The molecule has 2 aromatic rings. The minimum atomic E-state index is -1.46. The van der Waals surface area contributed by atoms with Crippen LogP contribution in [-0.2, 0) is 21.7 Å². The molecule has 0 aliphatic rings. The van der Waals surface area contributed by atoms with Gasteiger partial charge in [-0.2, -0.15) is 0 Å². The van der Waals surface area contributed by atoms with Crippen LogP contribution < -0.4 is 9.47 Å². The van der Waals surface area contributed by atoms with Crippen molar-refractivity contribution in [1.82, 2.24) is 0 Å². The summed E-state index contributed by atoms with van der Waals surface area (Å²) in [6.45, 7) is 0. The van der Waals surface area contributed by atoms with Crippen molar-refractivity contribution in [2.75, 3.05) is 14.2 Å². The summed E-state index contributed by atoms with van der Waals surface area (Å²) in [5.74, 6) is 1.15. The molecule has 0 atom stereocenters. The van der Waals surface area contributed by atoms with E-state index in [1.54, 1.807) is 14.2 Å². The molecule has 0 aliphatic heterocycles. The van der Waals surface area contributed by atoms with Gasteiger partial charge < -0.3 is 9.47 Å². The van der Waals surface area contributed by atoms with Gasteiger partial charge in [0.25, 0.3) is 0 Å². The molecular formula is C16H15Cl3O2Ti. The zero-order valence-corrected chi connectivity index (χ0v) is 16.0. The standard InChI is InChI=1S/C16H15Cl3O2.Ti/c1-20-13-7-3-11(4-8-13)15(16(17,18)19)12-5-9-14(21-2)10-6-12;/h3-10,15H,1-2H3;. The quantitative estimate of drug-likeness (QED) is 0.525. The van der Waals surface area contributed by atoms with Crippen LogP contribution in [0.25, 0.3) is 0 Å². The van der Waals surface area contributed by atoms with Gasteiger partial charge >= 0.3 is 0 Å². The maximum atomic E-state index is 6.18. The number of ether oxygens (including phenoxy) is 2. The van der Waals surface area contributed by atoms with E-state index < -0.39 is 3.79 Å². The number of benzene rings is 2. The average Bonchev–Trinajstić information content (AvgIpc) is 2.47. The van der Waals surface area contributed by atoms with Crippen LogP contribution in [0, 0.1) is 0 Å². The minimum absolute atomic E-state index is 0. The second kappa shape index (κ2) is 8.47. The molecule has 2 nitrogen and oxygen atoms in total. The van der Waals surface area contributed by atoms with Gasteiger partial charge in [-0.15, -0.1) is 0 Å². The Balaban J connectivity index is 0.00000242. The Morgan fingerprint density at radius 3 is 1.27 bits per heavy atom. The third kappa shape index (κ3) is 4.81. The molecule has 0 saturated heterocycles. The summed E-state index contributed by atoms with van der Waals surface area (Å²) in [4.78, 5) is 0. The molecule has 0 radical (unpaired) electrons. The van der Waals surface area contributed by atoms with E-state index in [0.29, 0.717) is 0 Å². The van der Waals surface area contributed by atoms with Crippen molar-refractivity contribution in [2.24, 2.45) is 0 Å². The molecule has 116 valence electrons. The van der Waals surface area contributed by atoms with E-state index in [1.165, 1.54) is 0 Å². The van der Waals surface area contributed by atoms with E-state index >= 15 is 0 Å². The number of halogens is 3. The van der Waals surface area contributed by atoms with Crippen molar-refractivity contribution in [3.63, 3.8) is 0 Å². The molecule has 0 spiro atoms. The Labute approximate surface area is 160 Å². The van der Waals surface area contributed by atoms with Gasteiger partial charge in [0.05, 0.1) is 20.1 Å². The molecule has 0 amide bonds. The van der Waals surface area contributed by atoms with Crippen LogP contribution in [0.1, 0.15) is 17.0 Å². The third-order valence-electron chi connectivity index (χ3n) is 3.23. The first-order valence-corrected chi connectivity index (χ1v) is 7.43. The van der Waals surface area contributed by atoms with Crippen molar-refractivity contribution in [3.05, 3.63) is 59.7 Å². The molecule has 22 heavy (non-hydrogen) atoms. The molecular weight excluding hydrogens is 378 g/mol. The average molecular weight is 394 g/mol. The van der Waals surface area contributed by atoms with E-state index in [0.717, 1.165) is 22.6 Å². The van der Waals surface area contributed by atoms with Crippen molar-refractivity contribution >= 4 is 34.8 Å². The molecule has 0 bridgehead atoms. The van der Waals surface area contributed by atoms with Gasteiger partial charge in [-0.3, -0.25) is 0 Å². The van der Waals surface area contributed by atoms with Crippen LogP contribution in [0.4, 0.5) is 0 Å². The minimum Gasteiger partial charge on any atom is -0.497 e. The molecule has 0 saturated carbocycles. The molecule has 0 fully saturated rings. The Bertz CT molecular complexity index is 532. The van der Waals surface area contributed by atoms with Crippen LogP contribution in [0.15, 0.2) is 48.5 Å². The third-order valence-corrected chi connectivity index (χ3v) is 3.88. The van der Waals surface area contributed by atoms with Gasteiger partial charge in [-0.25, -0.2) is 0 Å². The van der Waals surface area contributed by atoms with E-state index in [2.05, 4.69) is 0 Å². The maximum Gasteiger partial charge on any atom is 0.201 e. The largest absolute Gasteiger partial charge is 0.497 e. The monoisotopic (exact) mass is 392 g/mol. The molecule has 2 aromatic carbocycles. The summed E-state index contributed by atoms with van der Waals surface area (Å²) >= 11 is 18.6. The first kappa shape index (κ1) is 19.7. The van der Waals surface area contributed by atoms with Gasteiger partial charge in [-0.1, -0.05) is 59.1 Å². The zero-order chi connectivity index (χ0) is 15.5. The molecule has 0 aromatic heterocycles. The van der Waals surface area contributed by atoms with Crippen molar-refractivity contribution in [1.29, 1.82) is 0 Å². The first-order chi connectivity index (χ1) is 9.95. The molecule has 0 aliphatic carbocycles. The fourth-order valence-electron chi connectivity index (χ4n) is 2.16. The van der Waals surface area contributed by atoms with Gasteiger partial charge in [-0.05, 0) is 35.4 Å². The molecule has 0 heterocycles. The SMILES string of the molecule is COc1ccc(C(c2ccc(OC)cc2)C(Cl)(Cl)Cl)cc1.[Ti]. The van der Waals surface area contributed by atoms with Crippen molar-refractivity contribution in [3.8, 4) is 11.5 Å². The van der Waals surface area contributed by atoms with E-state index in [1.807, 2.05) is 48.5 Å². The van der Waals surface area contributed by atoms with Crippen LogP contribution in [0.3, 0.4) is 0 Å². The van der Waals surface area contributed by atoms with Crippen molar-refractivity contribution in [2.45, 2.75) is 9.71 Å². The summed E-state index contributed by atoms with van der Waals surface area (Å²) in [6, 6.07) is 15.0. The van der Waals surface area contributed by atoms with Crippen LogP contribution in [-0.4, -0.2) is 18.0 Å². The molecule has 6 heteroatoms. The fourth-order valence-corrected chi connectivity index (χ4v) is 2.92. The summed E-state index contributed by atoms with van der Waals surface area (Å²) < 4.78 is 8.85. The second-order valence-electron chi connectivity index (χ2n) is 4.52. The summed E-state index contributed by atoms with van der Waals surface area (Å²) in [7, 11) is 3.23. The zero-order valence-electron chi connectivity index (χ0n) is 12.1. The second-order valence-corrected chi connectivity index (χ2v) is 6.89. The topological polar surface area (TPSA) is 18.5 Å². The summed E-state index contributed by atoms with van der Waals surface area (Å²) in [5, 5.41) is 0. The van der Waals surface area contributed by atoms with E-state index in [4.69, 9.17) is 44.3 Å². The van der Waals surface area contributed by atoms with Gasteiger partial charge in [0.15, 0.2) is 0 Å². The maximum absolute atomic E-state index is 6.18. The smallest absolute Gasteiger partial charge is 0.201 e. The fraction of sp³-hybridized carbons (Fsp3) is 0.250. The number of rotatable bonds is 4. The van der Waals surface area contributed by atoms with Crippen LogP contribution in [0.2, 0.25) is 0 Å². The van der Waals surface area contributed by atoms with Gasteiger partial charge in [0, 0.05) is 21.7 Å². The number of alkyl halides is 3. The number of hydrogen-bond acceptors (Lipinski definition) is 2. The number of hydrogen-bond donors (Lipinski definition) is 0. The first-order valence-electron chi connectivity index (χ1n) is 6.30. The van der Waals surface area contributed by atoms with E-state index in [-0.39, 0.29) is 27.6 Å². The summed E-state index contributed by atoms with van der Waals surface area (Å²) in [5.41, 5.74) is 1.81. The normalized spacial score (nSPS) is 11.0. The number of methoxy groups -OCH3 is 2. The van der Waals surface area contributed by atoms with Gasteiger partial charge in [0.1, 0.15) is 11.5 Å². The van der Waals surface area contributed by atoms with Crippen molar-refractivity contribution < 1.29 is 31.2 Å². The Kier molecular flexibility index (Phi) is 7.57. The summed E-state index contributed by atoms with van der Waals surface area (Å²) in [6.07, 6.45) is 0. The Hall–Kier alpha value is -0.376. The predicted molar refractivity (Wildman–Crippen MR) is 88.1 cm³/mol. The predicted octanol–water partition coefficient (Wildman–Crippen LogP) is 5.20. The Morgan fingerprint density at radius 1 is 0.727 bits per heavy atom. The van der Waals surface area contributed by atoms with Crippen LogP contribution in [0.5, 0.6) is 11.5 Å². The van der Waals surface area contributed by atoms with Crippen LogP contribution >= 0.6 is 34.8 Å². The molecule has 0 unspecified atom stereocenters. The van der Waals surface area contributed by atoms with Gasteiger partial charge in [0.2, 0.25) is 3.79 Å². The van der Waals surface area contributed by atoms with E-state index in [9.17, 15) is 0 Å². The molecule has 0 N–H and O–H groups in total. The Morgan fingerprint density at radius 2 is 1.05 bits per heavy atom.